The molecule has 1 aliphatic carbocycles. The summed E-state index contributed by atoms with van der Waals surface area (Å²) >= 11 is 6.16. The van der Waals surface area contributed by atoms with Crippen LogP contribution in [-0.4, -0.2) is 33.1 Å². The number of esters is 1. The van der Waals surface area contributed by atoms with E-state index < -0.39 is 21.5 Å². The van der Waals surface area contributed by atoms with Crippen molar-refractivity contribution in [2.24, 2.45) is 0 Å². The van der Waals surface area contributed by atoms with Crippen molar-refractivity contribution in [3.63, 3.8) is 0 Å². The van der Waals surface area contributed by atoms with E-state index in [0.29, 0.717) is 0 Å². The predicted octanol–water partition coefficient (Wildman–Crippen LogP) is 2.50. The maximum Gasteiger partial charge on any atom is 0.342 e. The first-order valence-corrected chi connectivity index (χ1v) is 9.28. The largest absolute Gasteiger partial charge is 0.499 e. The lowest BCUT2D eigenvalue weighted by Crippen LogP contribution is -2.21. The van der Waals surface area contributed by atoms with Gasteiger partial charge in [0.05, 0.1) is 18.7 Å². The first-order valence-electron chi connectivity index (χ1n) is 7.03. The second-order valence-corrected chi connectivity index (χ2v) is 7.22. The second kappa shape index (κ2) is 7.72. The fourth-order valence-corrected chi connectivity index (χ4v) is 3.04. The topological polar surface area (TPSA) is 78.9 Å². The minimum absolute atomic E-state index is 0.0401. The molecule has 0 saturated heterocycles. The maximum atomic E-state index is 12.3. The van der Waals surface area contributed by atoms with Crippen LogP contribution in [0, 0.1) is 0 Å². The highest BCUT2D eigenvalue weighted by molar-refractivity contribution is 7.86. The molecule has 0 heterocycles. The standard InChI is InChI=1S/C16H17ClO6S/c1-21-15-13(8-12(9-14(15)17)23-24(2,19)20)16(18)22-10-11-6-4-3-5-7-11/h3-8,14H,9-10H2,1-2H3. The summed E-state index contributed by atoms with van der Waals surface area (Å²) in [5.41, 5.74) is 0.860. The van der Waals surface area contributed by atoms with Gasteiger partial charge in [0.2, 0.25) is 0 Å². The van der Waals surface area contributed by atoms with E-state index in [1.807, 2.05) is 30.3 Å². The molecule has 1 unspecified atom stereocenters. The molecular weight excluding hydrogens is 356 g/mol. The van der Waals surface area contributed by atoms with Crippen LogP contribution in [0.3, 0.4) is 0 Å². The number of methoxy groups -OCH3 is 1. The highest BCUT2D eigenvalue weighted by Crippen LogP contribution is 2.31. The molecule has 130 valence electrons. The summed E-state index contributed by atoms with van der Waals surface area (Å²) in [6.07, 6.45) is 2.29. The zero-order valence-corrected chi connectivity index (χ0v) is 14.8. The zero-order chi connectivity index (χ0) is 17.7. The third-order valence-corrected chi connectivity index (χ3v) is 4.02. The maximum absolute atomic E-state index is 12.3. The first kappa shape index (κ1) is 18.4. The van der Waals surface area contributed by atoms with Crippen LogP contribution in [0.15, 0.2) is 53.5 Å². The summed E-state index contributed by atoms with van der Waals surface area (Å²) in [4.78, 5) is 12.3. The molecule has 1 aromatic carbocycles. The van der Waals surface area contributed by atoms with Crippen LogP contribution < -0.4 is 0 Å². The van der Waals surface area contributed by atoms with E-state index in [1.54, 1.807) is 0 Å². The zero-order valence-electron chi connectivity index (χ0n) is 13.2. The number of hydrogen-bond donors (Lipinski definition) is 0. The lowest BCUT2D eigenvalue weighted by atomic mass is 10.0. The Bertz CT molecular complexity index is 767. The van der Waals surface area contributed by atoms with Crippen molar-refractivity contribution in [1.29, 1.82) is 0 Å². The lowest BCUT2D eigenvalue weighted by Gasteiger charge is -2.22. The average Bonchev–Trinajstić information content (AvgIpc) is 2.51. The van der Waals surface area contributed by atoms with Crippen molar-refractivity contribution >= 4 is 27.7 Å². The highest BCUT2D eigenvalue weighted by atomic mass is 35.5. The van der Waals surface area contributed by atoms with Gasteiger partial charge in [-0.3, -0.25) is 0 Å². The van der Waals surface area contributed by atoms with Gasteiger partial charge in [0.15, 0.2) is 0 Å². The highest BCUT2D eigenvalue weighted by Gasteiger charge is 2.30. The third kappa shape index (κ3) is 5.01. The number of ether oxygens (including phenoxy) is 2. The third-order valence-electron chi connectivity index (χ3n) is 3.15. The average molecular weight is 373 g/mol. The number of carbonyl (C=O) groups excluding carboxylic acids is 1. The molecule has 24 heavy (non-hydrogen) atoms. The molecule has 0 saturated carbocycles. The Balaban J connectivity index is 2.20. The summed E-state index contributed by atoms with van der Waals surface area (Å²) in [7, 11) is -2.34. The molecule has 1 aliphatic rings. The molecule has 0 amide bonds. The summed E-state index contributed by atoms with van der Waals surface area (Å²) in [6, 6.07) is 9.15. The van der Waals surface area contributed by atoms with Gasteiger partial charge in [-0.15, -0.1) is 11.6 Å². The normalized spacial score (nSPS) is 18.0. The van der Waals surface area contributed by atoms with Crippen LogP contribution in [0.2, 0.25) is 0 Å². The molecule has 0 aromatic heterocycles. The van der Waals surface area contributed by atoms with E-state index in [1.165, 1.54) is 13.2 Å². The fraction of sp³-hybridized carbons (Fsp3) is 0.312. The number of hydrogen-bond acceptors (Lipinski definition) is 6. The molecule has 2 rings (SSSR count). The van der Waals surface area contributed by atoms with Gasteiger partial charge in [0.25, 0.3) is 0 Å². The summed E-state index contributed by atoms with van der Waals surface area (Å²) in [5.74, 6) is -0.392. The molecule has 1 atom stereocenters. The number of allylic oxidation sites excluding steroid dienone is 2. The molecule has 8 heteroatoms. The summed E-state index contributed by atoms with van der Waals surface area (Å²) in [6.45, 7) is 0.0726. The molecule has 0 fully saturated rings. The van der Waals surface area contributed by atoms with Crippen molar-refractivity contribution < 1.29 is 26.9 Å². The molecule has 0 aliphatic heterocycles. The van der Waals surface area contributed by atoms with Gasteiger partial charge in [-0.1, -0.05) is 30.3 Å². The van der Waals surface area contributed by atoms with Crippen molar-refractivity contribution in [1.82, 2.24) is 0 Å². The van der Waals surface area contributed by atoms with Crippen molar-refractivity contribution in [3.05, 3.63) is 59.1 Å². The van der Waals surface area contributed by atoms with Gasteiger partial charge >= 0.3 is 16.1 Å². The predicted molar refractivity (Wildman–Crippen MR) is 88.5 cm³/mol. The van der Waals surface area contributed by atoms with Crippen LogP contribution >= 0.6 is 11.6 Å². The molecular formula is C16H17ClO6S. The van der Waals surface area contributed by atoms with Crippen LogP contribution in [0.25, 0.3) is 0 Å². The number of halogens is 1. The van der Waals surface area contributed by atoms with Gasteiger partial charge in [0, 0.05) is 6.42 Å². The quantitative estimate of drug-likeness (QED) is 0.433. The number of alkyl halides is 1. The molecule has 0 bridgehead atoms. The minimum Gasteiger partial charge on any atom is -0.499 e. The van der Waals surface area contributed by atoms with Crippen LogP contribution in [0.4, 0.5) is 0 Å². The van der Waals surface area contributed by atoms with Crippen LogP contribution in [-0.2, 0) is 35.2 Å². The number of benzene rings is 1. The summed E-state index contributed by atoms with van der Waals surface area (Å²) < 4.78 is 37.8. The van der Waals surface area contributed by atoms with Crippen LogP contribution in [0.5, 0.6) is 0 Å². The molecule has 0 N–H and O–H groups in total. The Labute approximate surface area is 145 Å². The van der Waals surface area contributed by atoms with Crippen molar-refractivity contribution in [2.75, 3.05) is 13.4 Å². The first-order chi connectivity index (χ1) is 11.3. The van der Waals surface area contributed by atoms with Crippen LogP contribution in [0.1, 0.15) is 12.0 Å². The second-order valence-electron chi connectivity index (χ2n) is 5.11. The van der Waals surface area contributed by atoms with Gasteiger partial charge in [-0.25, -0.2) is 4.79 Å². The van der Waals surface area contributed by atoms with E-state index in [2.05, 4.69) is 0 Å². The fourth-order valence-electron chi connectivity index (χ4n) is 2.18. The lowest BCUT2D eigenvalue weighted by molar-refractivity contribution is -0.140. The van der Waals surface area contributed by atoms with E-state index in [9.17, 15) is 13.2 Å². The molecule has 0 spiro atoms. The van der Waals surface area contributed by atoms with Gasteiger partial charge in [-0.2, -0.15) is 8.42 Å². The number of carbonyl (C=O) groups is 1. The Kier molecular flexibility index (Phi) is 5.90. The Morgan fingerprint density at radius 2 is 1.96 bits per heavy atom. The SMILES string of the molecule is COC1=C(C(=O)OCc2ccccc2)C=C(OS(C)(=O)=O)CC1Cl. The monoisotopic (exact) mass is 372 g/mol. The van der Waals surface area contributed by atoms with Crippen molar-refractivity contribution in [2.45, 2.75) is 18.4 Å². The van der Waals surface area contributed by atoms with E-state index in [4.69, 9.17) is 25.3 Å². The Morgan fingerprint density at radius 3 is 2.54 bits per heavy atom. The van der Waals surface area contributed by atoms with Gasteiger partial charge in [-0.05, 0) is 11.6 Å². The van der Waals surface area contributed by atoms with E-state index in [-0.39, 0.29) is 30.1 Å². The van der Waals surface area contributed by atoms with Gasteiger partial charge in [0.1, 0.15) is 23.7 Å². The Morgan fingerprint density at radius 1 is 1.29 bits per heavy atom. The van der Waals surface area contributed by atoms with Crippen molar-refractivity contribution in [3.8, 4) is 0 Å². The molecule has 0 radical (unpaired) electrons. The minimum atomic E-state index is -3.72. The van der Waals surface area contributed by atoms with E-state index >= 15 is 0 Å². The van der Waals surface area contributed by atoms with E-state index in [0.717, 1.165) is 11.8 Å². The summed E-state index contributed by atoms with van der Waals surface area (Å²) in [5, 5.41) is -0.726. The molecule has 6 nitrogen and oxygen atoms in total. The molecule has 1 aromatic rings. The van der Waals surface area contributed by atoms with Gasteiger partial charge < -0.3 is 13.7 Å². The Hall–Kier alpha value is -1.99. The number of rotatable bonds is 6. The smallest absolute Gasteiger partial charge is 0.342 e.